The summed E-state index contributed by atoms with van der Waals surface area (Å²) in [6, 6.07) is 0. The quantitative estimate of drug-likeness (QED) is 0.473. The number of aliphatic imine (C=N–C) groups is 2. The lowest BCUT2D eigenvalue weighted by molar-refractivity contribution is 0.610. The number of fused-ring (bicyclic) bond motifs is 2. The highest BCUT2D eigenvalue weighted by atomic mass is 14.9. The van der Waals surface area contributed by atoms with Gasteiger partial charge in [0.05, 0.1) is 22.8 Å². The van der Waals surface area contributed by atoms with Crippen molar-refractivity contribution in [2.45, 2.75) is 25.7 Å². The van der Waals surface area contributed by atoms with E-state index in [9.17, 15) is 0 Å². The molecule has 0 fully saturated rings. The second-order valence-corrected chi connectivity index (χ2v) is 7.95. The van der Waals surface area contributed by atoms with Crippen LogP contribution in [0.1, 0.15) is 25.7 Å². The van der Waals surface area contributed by atoms with E-state index >= 15 is 0 Å². The van der Waals surface area contributed by atoms with Crippen LogP contribution in [-0.2, 0) is 0 Å². The lowest BCUT2D eigenvalue weighted by Crippen LogP contribution is -2.26. The molecule has 4 N–H and O–H groups in total. The molecular weight excluding hydrogens is 396 g/mol. The Labute approximate surface area is 193 Å². The van der Waals surface area contributed by atoms with Crippen LogP contribution in [0.15, 0.2) is 82.1 Å². The van der Waals surface area contributed by atoms with Gasteiger partial charge in [0.1, 0.15) is 0 Å². The monoisotopic (exact) mass is 434 g/mol. The fraction of sp³-hybridized carbons (Fsp3) is 0.462. The van der Waals surface area contributed by atoms with Crippen LogP contribution in [0.25, 0.3) is 0 Å². The van der Waals surface area contributed by atoms with E-state index in [0.717, 1.165) is 101 Å². The zero-order valence-corrected chi connectivity index (χ0v) is 19.2. The van der Waals surface area contributed by atoms with Gasteiger partial charge in [-0.05, 0) is 76.2 Å². The maximum atomic E-state index is 4.83. The topological polar surface area (TPSA) is 72.8 Å². The van der Waals surface area contributed by atoms with Crippen molar-refractivity contribution in [2.75, 3.05) is 52.4 Å². The van der Waals surface area contributed by atoms with Crippen molar-refractivity contribution in [2.24, 2.45) is 9.98 Å². The molecule has 6 heteroatoms. The summed E-state index contributed by atoms with van der Waals surface area (Å²) in [6.45, 7) is 7.49. The highest BCUT2D eigenvalue weighted by Gasteiger charge is 2.06. The van der Waals surface area contributed by atoms with Crippen molar-refractivity contribution in [3.8, 4) is 0 Å². The van der Waals surface area contributed by atoms with Crippen molar-refractivity contribution in [3.05, 3.63) is 72.2 Å². The van der Waals surface area contributed by atoms with Crippen LogP contribution in [0.5, 0.6) is 0 Å². The van der Waals surface area contributed by atoms with Gasteiger partial charge in [0, 0.05) is 26.2 Å². The number of rotatable bonds is 0. The Hall–Kier alpha value is -2.70. The van der Waals surface area contributed by atoms with Crippen LogP contribution >= 0.6 is 0 Å². The molecule has 0 bridgehead atoms. The first-order chi connectivity index (χ1) is 15.9. The van der Waals surface area contributed by atoms with E-state index in [1.165, 1.54) is 0 Å². The summed E-state index contributed by atoms with van der Waals surface area (Å²) in [5.74, 6) is 0. The second kappa shape index (κ2) is 15.2. The van der Waals surface area contributed by atoms with Gasteiger partial charge in [-0.1, -0.05) is 36.5 Å². The summed E-state index contributed by atoms with van der Waals surface area (Å²) in [7, 11) is 0. The molecule has 2 aliphatic carbocycles. The largest absolute Gasteiger partial charge is 0.383 e. The molecule has 0 aromatic rings. The van der Waals surface area contributed by atoms with Crippen LogP contribution < -0.4 is 21.3 Å². The molecule has 3 aliphatic rings. The molecule has 172 valence electrons. The molecule has 1 aliphatic heterocycles. The molecule has 6 nitrogen and oxygen atoms in total. The molecule has 3 rings (SSSR count). The average Bonchev–Trinajstić information content (AvgIpc) is 3.17. The first-order valence-corrected chi connectivity index (χ1v) is 12.0. The van der Waals surface area contributed by atoms with Gasteiger partial charge in [0.25, 0.3) is 0 Å². The summed E-state index contributed by atoms with van der Waals surface area (Å²) >= 11 is 0. The number of nitrogens with zero attached hydrogens (tertiary/aromatic N) is 2. The third-order valence-electron chi connectivity index (χ3n) is 5.31. The Morgan fingerprint density at radius 3 is 1.47 bits per heavy atom. The summed E-state index contributed by atoms with van der Waals surface area (Å²) in [5.41, 5.74) is 4.31. The van der Waals surface area contributed by atoms with E-state index in [1.54, 1.807) is 0 Å². The standard InChI is InChI=1S/C26H38N6/c1-3-11-23-24(12-4-1)30-20-8-16-28-18-10-22-32-26-14-6-2-5-13-25(26)31-21-9-17-27-15-7-19-29-23/h1-6,11-14,27-29,32H,7-10,15-22H2. The van der Waals surface area contributed by atoms with Gasteiger partial charge in [-0.15, -0.1) is 0 Å². The lowest BCUT2D eigenvalue weighted by Gasteiger charge is -2.13. The summed E-state index contributed by atoms with van der Waals surface area (Å²) in [6.07, 6.45) is 25.0. The van der Waals surface area contributed by atoms with Crippen LogP contribution in [0.4, 0.5) is 0 Å². The molecule has 0 amide bonds. The highest BCUT2D eigenvalue weighted by Crippen LogP contribution is 2.05. The van der Waals surface area contributed by atoms with Gasteiger partial charge < -0.3 is 21.3 Å². The van der Waals surface area contributed by atoms with Gasteiger partial charge in [0.15, 0.2) is 0 Å². The molecule has 0 saturated heterocycles. The lowest BCUT2D eigenvalue weighted by atomic mass is 10.2. The molecule has 1 heterocycles. The van der Waals surface area contributed by atoms with E-state index in [2.05, 4.69) is 82.0 Å². The minimum atomic E-state index is 0.830. The molecule has 0 spiro atoms. The maximum absolute atomic E-state index is 4.83. The molecule has 0 aromatic heterocycles. The minimum Gasteiger partial charge on any atom is -0.383 e. The minimum absolute atomic E-state index is 0.830. The molecule has 0 radical (unpaired) electrons. The van der Waals surface area contributed by atoms with Gasteiger partial charge in [-0.3, -0.25) is 9.98 Å². The highest BCUT2D eigenvalue weighted by molar-refractivity contribution is 6.09. The zero-order chi connectivity index (χ0) is 22.1. The predicted molar refractivity (Wildman–Crippen MR) is 138 cm³/mol. The van der Waals surface area contributed by atoms with Crippen molar-refractivity contribution in [1.82, 2.24) is 21.3 Å². The Balaban J connectivity index is 1.53. The Morgan fingerprint density at radius 2 is 0.969 bits per heavy atom. The number of allylic oxidation sites excluding steroid dienone is 10. The van der Waals surface area contributed by atoms with Crippen LogP contribution in [0, 0.1) is 0 Å². The Morgan fingerprint density at radius 1 is 0.500 bits per heavy atom. The van der Waals surface area contributed by atoms with E-state index < -0.39 is 0 Å². The number of nitrogens with one attached hydrogen (secondary N) is 4. The zero-order valence-electron chi connectivity index (χ0n) is 19.2. The third-order valence-corrected chi connectivity index (χ3v) is 5.31. The summed E-state index contributed by atoms with van der Waals surface area (Å²) in [4.78, 5) is 9.66. The maximum Gasteiger partial charge on any atom is 0.0805 e. The van der Waals surface area contributed by atoms with Crippen molar-refractivity contribution in [3.63, 3.8) is 0 Å². The Kier molecular flexibility index (Phi) is 11.3. The summed E-state index contributed by atoms with van der Waals surface area (Å²) in [5, 5.41) is 14.2. The van der Waals surface area contributed by atoms with E-state index in [-0.39, 0.29) is 0 Å². The number of hydrogen-bond acceptors (Lipinski definition) is 6. The fourth-order valence-corrected chi connectivity index (χ4v) is 3.58. The van der Waals surface area contributed by atoms with Crippen molar-refractivity contribution >= 4 is 11.4 Å². The SMILES string of the molecule is C1=CC=C2NCCCNCCCN=C3C=CC=CC=C3NCCCNCCCN=C2C=C1. The second-order valence-electron chi connectivity index (χ2n) is 7.95. The first kappa shape index (κ1) is 24.0. The van der Waals surface area contributed by atoms with E-state index in [1.807, 2.05) is 0 Å². The van der Waals surface area contributed by atoms with E-state index in [4.69, 9.17) is 9.98 Å². The van der Waals surface area contributed by atoms with Gasteiger partial charge in [-0.25, -0.2) is 0 Å². The normalized spacial score (nSPS) is 22.0. The molecule has 0 saturated carbocycles. The van der Waals surface area contributed by atoms with Crippen molar-refractivity contribution in [1.29, 1.82) is 0 Å². The van der Waals surface area contributed by atoms with Crippen molar-refractivity contribution < 1.29 is 0 Å². The van der Waals surface area contributed by atoms with Gasteiger partial charge in [0.2, 0.25) is 0 Å². The van der Waals surface area contributed by atoms with Gasteiger partial charge in [-0.2, -0.15) is 0 Å². The molecule has 32 heavy (non-hydrogen) atoms. The smallest absolute Gasteiger partial charge is 0.0805 e. The third kappa shape index (κ3) is 9.20. The summed E-state index contributed by atoms with van der Waals surface area (Å²) < 4.78 is 0. The average molecular weight is 435 g/mol. The molecule has 0 unspecified atom stereocenters. The van der Waals surface area contributed by atoms with Gasteiger partial charge >= 0.3 is 0 Å². The number of hydrogen-bond donors (Lipinski definition) is 4. The fourth-order valence-electron chi connectivity index (χ4n) is 3.58. The van der Waals surface area contributed by atoms with E-state index in [0.29, 0.717) is 0 Å². The Bertz CT molecular complexity index is 742. The van der Waals surface area contributed by atoms with Crippen LogP contribution in [-0.4, -0.2) is 63.8 Å². The van der Waals surface area contributed by atoms with Crippen LogP contribution in [0.2, 0.25) is 0 Å². The van der Waals surface area contributed by atoms with Crippen LogP contribution in [0.3, 0.4) is 0 Å². The first-order valence-electron chi connectivity index (χ1n) is 12.0. The molecule has 0 aromatic carbocycles. The molecule has 0 atom stereocenters. The predicted octanol–water partition coefficient (Wildman–Crippen LogP) is 2.82. The molecular formula is C26H38N6.